The van der Waals surface area contributed by atoms with Gasteiger partial charge in [-0.05, 0) is 62.3 Å². The van der Waals surface area contributed by atoms with Gasteiger partial charge in [-0.2, -0.15) is 5.10 Å². The molecular weight excluding hydrogens is 634 g/mol. The van der Waals surface area contributed by atoms with Crippen LogP contribution < -0.4 is 25.0 Å². The summed E-state index contributed by atoms with van der Waals surface area (Å²) in [5.41, 5.74) is 4.02. The average Bonchev–Trinajstić information content (AvgIpc) is 3.73. The summed E-state index contributed by atoms with van der Waals surface area (Å²) in [5, 5.41) is 29.2. The fourth-order valence-corrected chi connectivity index (χ4v) is 6.82. The Balaban J connectivity index is 1.08. The first-order valence-corrected chi connectivity index (χ1v) is 17.4. The van der Waals surface area contributed by atoms with Gasteiger partial charge < -0.3 is 24.8 Å². The molecule has 1 aliphatic heterocycles. The van der Waals surface area contributed by atoms with Gasteiger partial charge in [-0.3, -0.25) is 14.7 Å². The van der Waals surface area contributed by atoms with E-state index in [1.165, 1.54) is 6.42 Å². The van der Waals surface area contributed by atoms with E-state index in [4.69, 9.17) is 14.6 Å². The molecule has 0 saturated carbocycles. The third-order valence-corrected chi connectivity index (χ3v) is 9.46. The summed E-state index contributed by atoms with van der Waals surface area (Å²) in [4.78, 5) is 20.2. The van der Waals surface area contributed by atoms with Crippen molar-refractivity contribution >= 4 is 23.4 Å². The van der Waals surface area contributed by atoms with Crippen molar-refractivity contribution in [2.75, 3.05) is 30.0 Å². The summed E-state index contributed by atoms with van der Waals surface area (Å²) in [7, 11) is 0. The molecule has 7 rings (SSSR count). The maximum absolute atomic E-state index is 13.6. The van der Waals surface area contributed by atoms with Crippen molar-refractivity contribution in [3.05, 3.63) is 83.9 Å². The van der Waals surface area contributed by atoms with Crippen LogP contribution in [0.2, 0.25) is 0 Å². The molecule has 1 unspecified atom stereocenters. The van der Waals surface area contributed by atoms with Gasteiger partial charge in [0.25, 0.3) is 0 Å². The van der Waals surface area contributed by atoms with Gasteiger partial charge in [-0.1, -0.05) is 45.0 Å². The third kappa shape index (κ3) is 6.95. The lowest BCUT2D eigenvalue weighted by Gasteiger charge is -2.33. The van der Waals surface area contributed by atoms with Crippen molar-refractivity contribution in [1.29, 1.82) is 0 Å². The van der Waals surface area contributed by atoms with Crippen LogP contribution >= 0.6 is 0 Å². The van der Waals surface area contributed by atoms with Crippen LogP contribution in [0, 0.1) is 0 Å². The molecule has 2 amide bonds. The number of hydrogen-bond donors (Lipinski definition) is 3. The number of benzene rings is 1. The van der Waals surface area contributed by atoms with Crippen molar-refractivity contribution in [3.8, 4) is 17.2 Å². The molecule has 2 aliphatic rings. The standard InChI is InChI=1S/C37H45N9O4/c1-24-9-7-8-16-44(24)36-42-41-33-15-12-26(23-45(33)36)50-31-14-13-30(28-10-5-6-11-29(28)31)39-35(48)40-34-20-32(37(2,3)4)43-46(34)25-19-27(22-38-21-25)49-18-17-47/h5-6,10-12,15,19-24,30-31,47H,7-9,13-14,16-18H2,1-4H3,(H2,39,40,48)/t24?,30-,31+/m0/s1. The smallest absolute Gasteiger partial charge is 0.320 e. The van der Waals surface area contributed by atoms with E-state index in [1.807, 2.05) is 40.9 Å². The predicted molar refractivity (Wildman–Crippen MR) is 190 cm³/mol. The quantitative estimate of drug-likeness (QED) is 0.168. The van der Waals surface area contributed by atoms with E-state index >= 15 is 0 Å². The molecule has 5 aromatic rings. The molecule has 1 aromatic carbocycles. The SMILES string of the molecule is CC1CCCCN1c1nnc2ccc(O[C@@H]3CC[C@H](NC(=O)Nc4cc(C(C)(C)C)nn4-c4cncc(OCCO)c4)c4ccccc43)cn12. The number of carbonyl (C=O) groups is 1. The van der Waals surface area contributed by atoms with E-state index in [1.54, 1.807) is 23.1 Å². The van der Waals surface area contributed by atoms with Crippen LogP contribution in [-0.2, 0) is 5.41 Å². The molecule has 1 aliphatic carbocycles. The summed E-state index contributed by atoms with van der Waals surface area (Å²) in [6.45, 7) is 9.46. The van der Waals surface area contributed by atoms with Gasteiger partial charge in [-0.15, -0.1) is 10.2 Å². The minimum absolute atomic E-state index is 0.109. The fourth-order valence-electron chi connectivity index (χ4n) is 6.82. The summed E-state index contributed by atoms with van der Waals surface area (Å²) in [6, 6.07) is 15.5. The Kier molecular flexibility index (Phi) is 9.32. The normalized spacial score (nSPS) is 19.2. The first-order valence-electron chi connectivity index (χ1n) is 17.4. The van der Waals surface area contributed by atoms with E-state index < -0.39 is 0 Å². The number of rotatable bonds is 9. The third-order valence-electron chi connectivity index (χ3n) is 9.46. The Morgan fingerprint density at radius 2 is 1.84 bits per heavy atom. The number of aliphatic hydroxyl groups excluding tert-OH is 1. The van der Waals surface area contributed by atoms with Crippen molar-refractivity contribution in [3.63, 3.8) is 0 Å². The van der Waals surface area contributed by atoms with Gasteiger partial charge in [0.2, 0.25) is 5.95 Å². The molecule has 5 heterocycles. The minimum Gasteiger partial charge on any atom is -0.490 e. The number of ether oxygens (including phenoxy) is 2. The molecule has 3 N–H and O–H groups in total. The monoisotopic (exact) mass is 679 g/mol. The Morgan fingerprint density at radius 1 is 1.00 bits per heavy atom. The Morgan fingerprint density at radius 3 is 2.64 bits per heavy atom. The molecule has 0 radical (unpaired) electrons. The maximum Gasteiger partial charge on any atom is 0.320 e. The summed E-state index contributed by atoms with van der Waals surface area (Å²) >= 11 is 0. The number of amides is 2. The lowest BCUT2D eigenvalue weighted by atomic mass is 9.85. The number of nitrogens with zero attached hydrogens (tertiary/aromatic N) is 7. The molecule has 1 saturated heterocycles. The molecule has 0 spiro atoms. The van der Waals surface area contributed by atoms with Crippen LogP contribution in [0.4, 0.5) is 16.6 Å². The molecule has 262 valence electrons. The van der Waals surface area contributed by atoms with Crippen LogP contribution in [0.25, 0.3) is 11.3 Å². The van der Waals surface area contributed by atoms with Crippen LogP contribution in [0.15, 0.2) is 67.1 Å². The number of anilines is 2. The van der Waals surface area contributed by atoms with Gasteiger partial charge in [-0.25, -0.2) is 9.48 Å². The second kappa shape index (κ2) is 14.0. The Bertz CT molecular complexity index is 1970. The molecule has 1 fully saturated rings. The highest BCUT2D eigenvalue weighted by Crippen LogP contribution is 2.39. The molecule has 50 heavy (non-hydrogen) atoms. The van der Waals surface area contributed by atoms with Gasteiger partial charge in [0.05, 0.1) is 42.6 Å². The second-order valence-corrected chi connectivity index (χ2v) is 14.1. The summed E-state index contributed by atoms with van der Waals surface area (Å²) in [5.74, 6) is 2.60. The zero-order valence-electron chi connectivity index (χ0n) is 29.0. The van der Waals surface area contributed by atoms with Gasteiger partial charge in [0.15, 0.2) is 5.65 Å². The number of carbonyl (C=O) groups excluding carboxylic acids is 1. The first-order chi connectivity index (χ1) is 24.2. The molecule has 13 nitrogen and oxygen atoms in total. The highest BCUT2D eigenvalue weighted by atomic mass is 16.5. The summed E-state index contributed by atoms with van der Waals surface area (Å²) in [6.07, 6.45) is 9.99. The van der Waals surface area contributed by atoms with E-state index in [0.29, 0.717) is 29.7 Å². The molecule has 4 aromatic heterocycles. The van der Waals surface area contributed by atoms with Crippen LogP contribution in [0.1, 0.15) is 88.8 Å². The average molecular weight is 680 g/mol. The van der Waals surface area contributed by atoms with Crippen molar-refractivity contribution < 1.29 is 19.4 Å². The van der Waals surface area contributed by atoms with Gasteiger partial charge in [0, 0.05) is 30.1 Å². The molecular formula is C37H45N9O4. The lowest BCUT2D eigenvalue weighted by molar-refractivity contribution is 0.171. The lowest BCUT2D eigenvalue weighted by Crippen LogP contribution is -2.38. The van der Waals surface area contributed by atoms with Crippen LogP contribution in [0.5, 0.6) is 11.5 Å². The number of pyridine rings is 2. The van der Waals surface area contributed by atoms with Crippen LogP contribution in [-0.4, -0.2) is 66.3 Å². The fraction of sp³-hybridized carbons (Fsp3) is 0.432. The van der Waals surface area contributed by atoms with E-state index in [9.17, 15) is 9.90 Å². The highest BCUT2D eigenvalue weighted by molar-refractivity contribution is 5.89. The zero-order chi connectivity index (χ0) is 34.8. The van der Waals surface area contributed by atoms with Crippen molar-refractivity contribution in [2.24, 2.45) is 0 Å². The van der Waals surface area contributed by atoms with Crippen molar-refractivity contribution in [1.82, 2.24) is 34.7 Å². The molecule has 3 atom stereocenters. The molecule has 0 bridgehead atoms. The number of nitrogens with one attached hydrogen (secondary N) is 2. The first kappa shape index (κ1) is 33.3. The zero-order valence-corrected chi connectivity index (χ0v) is 29.0. The van der Waals surface area contributed by atoms with Crippen LogP contribution in [0.3, 0.4) is 0 Å². The highest BCUT2D eigenvalue weighted by Gasteiger charge is 2.31. The van der Waals surface area contributed by atoms with E-state index in [0.717, 1.165) is 60.0 Å². The number of urea groups is 1. The Hall–Kier alpha value is -5.17. The van der Waals surface area contributed by atoms with Crippen molar-refractivity contribution in [2.45, 2.75) is 83.4 Å². The number of aromatic nitrogens is 6. The number of fused-ring (bicyclic) bond motifs is 2. The second-order valence-electron chi connectivity index (χ2n) is 14.1. The molecule has 13 heteroatoms. The maximum atomic E-state index is 13.6. The predicted octanol–water partition coefficient (Wildman–Crippen LogP) is 6.13. The topological polar surface area (TPSA) is 144 Å². The van der Waals surface area contributed by atoms with E-state index in [2.05, 4.69) is 70.5 Å². The minimum atomic E-state index is -0.344. The van der Waals surface area contributed by atoms with Gasteiger partial charge >= 0.3 is 6.03 Å². The largest absolute Gasteiger partial charge is 0.490 e. The number of piperidine rings is 1. The number of hydrogen-bond acceptors (Lipinski definition) is 9. The summed E-state index contributed by atoms with van der Waals surface area (Å²) < 4.78 is 15.9. The number of aliphatic hydroxyl groups is 1. The van der Waals surface area contributed by atoms with E-state index in [-0.39, 0.29) is 36.8 Å². The van der Waals surface area contributed by atoms with Gasteiger partial charge in [0.1, 0.15) is 30.0 Å². The Labute approximate surface area is 291 Å².